The van der Waals surface area contributed by atoms with Crippen LogP contribution in [0.1, 0.15) is 12.5 Å². The van der Waals surface area contributed by atoms with Crippen molar-refractivity contribution in [2.75, 3.05) is 6.79 Å². The molecule has 6 nitrogen and oxygen atoms in total. The Morgan fingerprint density at radius 2 is 2.20 bits per heavy atom. The Hall–Kier alpha value is -2.21. The van der Waals surface area contributed by atoms with Gasteiger partial charge in [-0.15, -0.1) is 0 Å². The number of benzene rings is 1. The zero-order valence-corrected chi connectivity index (χ0v) is 11.2. The average molecular weight is 275 g/mol. The molecule has 20 heavy (non-hydrogen) atoms. The van der Waals surface area contributed by atoms with Gasteiger partial charge in [0.25, 0.3) is 0 Å². The van der Waals surface area contributed by atoms with Gasteiger partial charge in [-0.3, -0.25) is 4.68 Å². The van der Waals surface area contributed by atoms with Crippen LogP contribution < -0.4 is 14.8 Å². The van der Waals surface area contributed by atoms with Crippen molar-refractivity contribution >= 4 is 0 Å². The van der Waals surface area contributed by atoms with Crippen LogP contribution in [0.4, 0.5) is 0 Å². The highest BCUT2D eigenvalue weighted by molar-refractivity contribution is 5.51. The summed E-state index contributed by atoms with van der Waals surface area (Å²) in [6, 6.07) is 5.54. The van der Waals surface area contributed by atoms with Crippen molar-refractivity contribution in [2.45, 2.75) is 26.1 Å². The van der Waals surface area contributed by atoms with Crippen molar-refractivity contribution in [1.29, 1.82) is 0 Å². The lowest BCUT2D eigenvalue weighted by molar-refractivity contribution is 0.174. The quantitative estimate of drug-likeness (QED) is 0.865. The number of phenolic OH excluding ortho intramolecular Hbond substituents is 1. The SMILES string of the molecule is CC(Cn1cccn1)NCc1cc2c(cc1O)OCO2. The Balaban J connectivity index is 1.60. The minimum atomic E-state index is 0.210. The van der Waals surface area contributed by atoms with Gasteiger partial charge in [0, 0.05) is 36.6 Å². The molecule has 0 aliphatic carbocycles. The summed E-state index contributed by atoms with van der Waals surface area (Å²) in [5, 5.41) is 17.5. The fourth-order valence-electron chi connectivity index (χ4n) is 2.15. The van der Waals surface area contributed by atoms with E-state index >= 15 is 0 Å². The minimum absolute atomic E-state index is 0.210. The monoisotopic (exact) mass is 275 g/mol. The third kappa shape index (κ3) is 2.70. The summed E-state index contributed by atoms with van der Waals surface area (Å²) >= 11 is 0. The van der Waals surface area contributed by atoms with E-state index in [4.69, 9.17) is 9.47 Å². The number of aromatic hydroxyl groups is 1. The van der Waals surface area contributed by atoms with Gasteiger partial charge < -0.3 is 19.9 Å². The number of rotatable bonds is 5. The number of nitrogens with one attached hydrogen (secondary N) is 1. The molecule has 0 saturated carbocycles. The standard InChI is InChI=1S/C14H17N3O3/c1-10(8-17-4-2-3-16-17)15-7-11-5-13-14(6-12(11)18)20-9-19-13/h2-6,10,15,18H,7-9H2,1H3. The van der Waals surface area contributed by atoms with E-state index in [9.17, 15) is 5.11 Å². The van der Waals surface area contributed by atoms with Gasteiger partial charge in [-0.2, -0.15) is 5.10 Å². The van der Waals surface area contributed by atoms with Gasteiger partial charge in [0.05, 0.1) is 6.54 Å². The summed E-state index contributed by atoms with van der Waals surface area (Å²) in [6.45, 7) is 3.62. The van der Waals surface area contributed by atoms with E-state index in [2.05, 4.69) is 17.3 Å². The number of hydrogen-bond acceptors (Lipinski definition) is 5. The molecule has 0 radical (unpaired) electrons. The maximum atomic E-state index is 9.95. The van der Waals surface area contributed by atoms with Gasteiger partial charge in [0.2, 0.25) is 6.79 Å². The first-order chi connectivity index (χ1) is 9.72. The Morgan fingerprint density at radius 3 is 2.95 bits per heavy atom. The number of nitrogens with zero attached hydrogens (tertiary/aromatic N) is 2. The second kappa shape index (κ2) is 5.42. The molecule has 0 spiro atoms. The molecule has 2 aromatic rings. The van der Waals surface area contributed by atoms with Crippen LogP contribution in [0.2, 0.25) is 0 Å². The normalized spacial score (nSPS) is 14.4. The third-order valence-corrected chi connectivity index (χ3v) is 3.23. The summed E-state index contributed by atoms with van der Waals surface area (Å²) in [4.78, 5) is 0. The first-order valence-electron chi connectivity index (χ1n) is 6.54. The van der Waals surface area contributed by atoms with E-state index in [-0.39, 0.29) is 18.6 Å². The van der Waals surface area contributed by atoms with Gasteiger partial charge in [-0.25, -0.2) is 0 Å². The molecule has 2 heterocycles. The molecule has 2 N–H and O–H groups in total. The van der Waals surface area contributed by atoms with Crippen molar-refractivity contribution in [3.8, 4) is 17.2 Å². The van der Waals surface area contributed by atoms with Crippen LogP contribution in [-0.2, 0) is 13.1 Å². The van der Waals surface area contributed by atoms with Gasteiger partial charge in [-0.1, -0.05) is 0 Å². The average Bonchev–Trinajstić information content (AvgIpc) is 3.06. The summed E-state index contributed by atoms with van der Waals surface area (Å²) in [6.07, 6.45) is 3.69. The highest BCUT2D eigenvalue weighted by Crippen LogP contribution is 2.37. The second-order valence-corrected chi connectivity index (χ2v) is 4.84. The summed E-state index contributed by atoms with van der Waals surface area (Å²) in [7, 11) is 0. The van der Waals surface area contributed by atoms with Crippen molar-refractivity contribution in [3.63, 3.8) is 0 Å². The third-order valence-electron chi connectivity index (χ3n) is 3.23. The number of ether oxygens (including phenoxy) is 2. The largest absolute Gasteiger partial charge is 0.507 e. The molecule has 0 fully saturated rings. The van der Waals surface area contributed by atoms with Crippen molar-refractivity contribution in [2.24, 2.45) is 0 Å². The Bertz CT molecular complexity index is 584. The lowest BCUT2D eigenvalue weighted by Crippen LogP contribution is -2.30. The first-order valence-corrected chi connectivity index (χ1v) is 6.54. The van der Waals surface area contributed by atoms with E-state index in [0.29, 0.717) is 18.0 Å². The molecule has 3 rings (SSSR count). The Kier molecular flexibility index (Phi) is 3.47. The van der Waals surface area contributed by atoms with Gasteiger partial charge in [-0.05, 0) is 19.1 Å². The van der Waals surface area contributed by atoms with Crippen molar-refractivity contribution in [3.05, 3.63) is 36.2 Å². The molecule has 0 bridgehead atoms. The number of fused-ring (bicyclic) bond motifs is 1. The predicted octanol–water partition coefficient (Wildman–Crippen LogP) is 1.50. The molecule has 1 aromatic heterocycles. The van der Waals surface area contributed by atoms with Gasteiger partial charge in [0.1, 0.15) is 5.75 Å². The molecule has 1 atom stereocenters. The molecule has 0 saturated heterocycles. The molecule has 0 amide bonds. The smallest absolute Gasteiger partial charge is 0.231 e. The topological polar surface area (TPSA) is 68.5 Å². The van der Waals surface area contributed by atoms with Crippen LogP contribution in [0.25, 0.3) is 0 Å². The van der Waals surface area contributed by atoms with E-state index in [1.54, 1.807) is 12.3 Å². The number of phenols is 1. The van der Waals surface area contributed by atoms with Crippen molar-refractivity contribution in [1.82, 2.24) is 15.1 Å². The molecule has 6 heteroatoms. The molecular formula is C14H17N3O3. The van der Waals surface area contributed by atoms with Crippen LogP contribution in [0, 0.1) is 0 Å². The van der Waals surface area contributed by atoms with Crippen molar-refractivity contribution < 1.29 is 14.6 Å². The van der Waals surface area contributed by atoms with Gasteiger partial charge >= 0.3 is 0 Å². The van der Waals surface area contributed by atoms with E-state index in [0.717, 1.165) is 12.1 Å². The van der Waals surface area contributed by atoms with E-state index in [1.807, 2.05) is 23.0 Å². The summed E-state index contributed by atoms with van der Waals surface area (Å²) in [5.74, 6) is 1.49. The minimum Gasteiger partial charge on any atom is -0.507 e. The first kappa shape index (κ1) is 12.8. The second-order valence-electron chi connectivity index (χ2n) is 4.84. The molecule has 1 aromatic carbocycles. The summed E-state index contributed by atoms with van der Waals surface area (Å²) in [5.41, 5.74) is 0.793. The Morgan fingerprint density at radius 1 is 1.40 bits per heavy atom. The Labute approximate surface area is 116 Å². The van der Waals surface area contributed by atoms with Gasteiger partial charge in [0.15, 0.2) is 11.5 Å². The molecule has 1 aliphatic rings. The van der Waals surface area contributed by atoms with Crippen LogP contribution >= 0.6 is 0 Å². The lowest BCUT2D eigenvalue weighted by Gasteiger charge is -2.14. The van der Waals surface area contributed by atoms with E-state index in [1.165, 1.54) is 0 Å². The van der Waals surface area contributed by atoms with Crippen LogP contribution in [-0.4, -0.2) is 27.7 Å². The zero-order chi connectivity index (χ0) is 13.9. The molecule has 1 unspecified atom stereocenters. The highest BCUT2D eigenvalue weighted by atomic mass is 16.7. The fraction of sp³-hybridized carbons (Fsp3) is 0.357. The van der Waals surface area contributed by atoms with Crippen LogP contribution in [0.5, 0.6) is 17.2 Å². The molecule has 106 valence electrons. The van der Waals surface area contributed by atoms with Crippen LogP contribution in [0.3, 0.4) is 0 Å². The highest BCUT2D eigenvalue weighted by Gasteiger charge is 2.17. The van der Waals surface area contributed by atoms with Crippen LogP contribution in [0.15, 0.2) is 30.6 Å². The van der Waals surface area contributed by atoms with E-state index < -0.39 is 0 Å². The number of hydrogen-bond donors (Lipinski definition) is 2. The summed E-state index contributed by atoms with van der Waals surface area (Å²) < 4.78 is 12.4. The molecular weight excluding hydrogens is 258 g/mol. The maximum absolute atomic E-state index is 9.95. The fourth-order valence-corrected chi connectivity index (χ4v) is 2.15. The number of aromatic nitrogens is 2. The lowest BCUT2D eigenvalue weighted by atomic mass is 10.1. The molecule has 1 aliphatic heterocycles. The predicted molar refractivity (Wildman–Crippen MR) is 72.8 cm³/mol. The maximum Gasteiger partial charge on any atom is 0.231 e. The zero-order valence-electron chi connectivity index (χ0n) is 11.2.